The fourth-order valence-electron chi connectivity index (χ4n) is 1.52. The van der Waals surface area contributed by atoms with Crippen molar-refractivity contribution in [3.63, 3.8) is 0 Å². The molecule has 0 aliphatic carbocycles. The molecule has 0 unspecified atom stereocenters. The summed E-state index contributed by atoms with van der Waals surface area (Å²) >= 11 is 5.65. The van der Waals surface area contributed by atoms with Gasteiger partial charge in [0.05, 0.1) is 6.61 Å². The Morgan fingerprint density at radius 2 is 1.88 bits per heavy atom. The summed E-state index contributed by atoms with van der Waals surface area (Å²) in [5.74, 6) is -0.635. The molecule has 0 atom stereocenters. The molecule has 0 aliphatic heterocycles. The maximum absolute atomic E-state index is 13.4. The van der Waals surface area contributed by atoms with E-state index < -0.39 is 11.6 Å². The third kappa shape index (κ3) is 4.58. The molecule has 0 radical (unpaired) electrons. The van der Waals surface area contributed by atoms with Gasteiger partial charge in [0.25, 0.3) is 0 Å². The second-order valence-corrected chi connectivity index (χ2v) is 4.04. The van der Waals surface area contributed by atoms with E-state index in [4.69, 9.17) is 16.3 Å². The highest BCUT2D eigenvalue weighted by atomic mass is 35.5. The third-order valence-corrected chi connectivity index (χ3v) is 2.62. The first-order valence-electron chi connectivity index (χ1n) is 5.39. The number of benzene rings is 1. The average Bonchev–Trinajstić information content (AvgIpc) is 2.31. The van der Waals surface area contributed by atoms with E-state index in [1.165, 1.54) is 18.2 Å². The van der Waals surface area contributed by atoms with Crippen molar-refractivity contribution in [2.75, 3.05) is 32.7 Å². The minimum absolute atomic E-state index is 0.0775. The van der Waals surface area contributed by atoms with Crippen LogP contribution in [0.15, 0.2) is 18.2 Å². The predicted octanol–water partition coefficient (Wildman–Crippen LogP) is 2.65. The topological polar surface area (TPSA) is 12.5 Å². The van der Waals surface area contributed by atoms with Gasteiger partial charge in [0, 0.05) is 38.2 Å². The van der Waals surface area contributed by atoms with Gasteiger partial charge in [-0.1, -0.05) is 6.07 Å². The summed E-state index contributed by atoms with van der Waals surface area (Å²) in [6.07, 6.45) is 0. The first kappa shape index (κ1) is 14.4. The highest BCUT2D eigenvalue weighted by Gasteiger charge is 2.12. The zero-order valence-electron chi connectivity index (χ0n) is 9.76. The number of methoxy groups -OCH3 is 1. The molecule has 96 valence electrons. The second-order valence-electron chi connectivity index (χ2n) is 3.66. The van der Waals surface area contributed by atoms with Crippen LogP contribution < -0.4 is 0 Å². The van der Waals surface area contributed by atoms with E-state index in [2.05, 4.69) is 0 Å². The van der Waals surface area contributed by atoms with Crippen LogP contribution in [0.3, 0.4) is 0 Å². The molecule has 0 spiro atoms. The Morgan fingerprint density at radius 3 is 2.41 bits per heavy atom. The molecule has 0 heterocycles. The molecule has 0 saturated heterocycles. The van der Waals surface area contributed by atoms with Crippen LogP contribution in [0.2, 0.25) is 0 Å². The molecule has 0 saturated carbocycles. The lowest BCUT2D eigenvalue weighted by Crippen LogP contribution is -2.29. The van der Waals surface area contributed by atoms with Gasteiger partial charge in [0.2, 0.25) is 0 Å². The van der Waals surface area contributed by atoms with Crippen molar-refractivity contribution < 1.29 is 13.5 Å². The number of alkyl halides is 1. The number of nitrogens with zero attached hydrogens (tertiary/aromatic N) is 1. The van der Waals surface area contributed by atoms with Crippen LogP contribution in [0, 0.1) is 11.6 Å². The van der Waals surface area contributed by atoms with E-state index in [1.807, 2.05) is 4.90 Å². The molecule has 1 aromatic carbocycles. The second kappa shape index (κ2) is 7.58. The molecule has 1 aromatic rings. The Bertz CT molecular complexity index is 329. The number of ether oxygens (including phenoxy) is 1. The Labute approximate surface area is 105 Å². The predicted molar refractivity (Wildman–Crippen MR) is 64.2 cm³/mol. The molecule has 17 heavy (non-hydrogen) atoms. The largest absolute Gasteiger partial charge is 0.383 e. The van der Waals surface area contributed by atoms with Crippen molar-refractivity contribution in [3.8, 4) is 0 Å². The van der Waals surface area contributed by atoms with Gasteiger partial charge in [-0.3, -0.25) is 4.90 Å². The van der Waals surface area contributed by atoms with Gasteiger partial charge in [0.1, 0.15) is 11.6 Å². The molecular weight excluding hydrogens is 248 g/mol. The van der Waals surface area contributed by atoms with Gasteiger partial charge in [-0.2, -0.15) is 0 Å². The van der Waals surface area contributed by atoms with Crippen molar-refractivity contribution >= 4 is 11.6 Å². The van der Waals surface area contributed by atoms with E-state index in [-0.39, 0.29) is 12.1 Å². The summed E-state index contributed by atoms with van der Waals surface area (Å²) < 4.78 is 31.8. The maximum atomic E-state index is 13.4. The molecule has 5 heteroatoms. The molecule has 0 bridgehead atoms. The van der Waals surface area contributed by atoms with E-state index in [9.17, 15) is 8.78 Å². The molecule has 0 aromatic heterocycles. The Hall–Kier alpha value is -0.710. The zero-order valence-corrected chi connectivity index (χ0v) is 10.5. The lowest BCUT2D eigenvalue weighted by Gasteiger charge is -2.21. The lowest BCUT2D eigenvalue weighted by molar-refractivity contribution is 0.146. The highest BCUT2D eigenvalue weighted by Crippen LogP contribution is 2.14. The number of rotatable bonds is 7. The quantitative estimate of drug-likeness (QED) is 0.702. The smallest absolute Gasteiger partial charge is 0.130 e. The average molecular weight is 264 g/mol. The van der Waals surface area contributed by atoms with Gasteiger partial charge < -0.3 is 4.74 Å². The summed E-state index contributed by atoms with van der Waals surface area (Å²) in [5, 5.41) is 0. The van der Waals surface area contributed by atoms with Crippen molar-refractivity contribution in [1.82, 2.24) is 4.90 Å². The normalized spacial score (nSPS) is 11.1. The number of halogens is 3. The third-order valence-electron chi connectivity index (χ3n) is 2.46. The van der Waals surface area contributed by atoms with E-state index >= 15 is 0 Å². The fourth-order valence-corrected chi connectivity index (χ4v) is 1.76. The van der Waals surface area contributed by atoms with Crippen molar-refractivity contribution in [1.29, 1.82) is 0 Å². The summed E-state index contributed by atoms with van der Waals surface area (Å²) in [7, 11) is 1.59. The Balaban J connectivity index is 2.70. The first-order chi connectivity index (χ1) is 8.19. The number of hydrogen-bond acceptors (Lipinski definition) is 2. The van der Waals surface area contributed by atoms with Crippen LogP contribution in [0.1, 0.15) is 5.56 Å². The van der Waals surface area contributed by atoms with Crippen LogP contribution >= 0.6 is 11.6 Å². The van der Waals surface area contributed by atoms with Crippen LogP contribution in [0.5, 0.6) is 0 Å². The van der Waals surface area contributed by atoms with E-state index in [0.717, 1.165) is 0 Å². The fraction of sp³-hybridized carbons (Fsp3) is 0.500. The SMILES string of the molecule is COCCN(CCCl)Cc1c(F)cccc1F. The van der Waals surface area contributed by atoms with Crippen molar-refractivity contribution in [2.45, 2.75) is 6.54 Å². The summed E-state index contributed by atoms with van der Waals surface area (Å²) in [6, 6.07) is 3.87. The molecule has 0 amide bonds. The van der Waals surface area contributed by atoms with Crippen molar-refractivity contribution in [2.24, 2.45) is 0 Å². The zero-order chi connectivity index (χ0) is 12.7. The standard InChI is InChI=1S/C12H16ClF2NO/c1-17-8-7-16(6-5-13)9-10-11(14)3-2-4-12(10)15/h2-4H,5-9H2,1H3. The Morgan fingerprint density at radius 1 is 1.24 bits per heavy atom. The molecule has 0 N–H and O–H groups in total. The van der Waals surface area contributed by atoms with Gasteiger partial charge in [-0.25, -0.2) is 8.78 Å². The van der Waals surface area contributed by atoms with Gasteiger partial charge >= 0.3 is 0 Å². The molecule has 2 nitrogen and oxygen atoms in total. The molecule has 0 fully saturated rings. The van der Waals surface area contributed by atoms with Crippen LogP contribution in [-0.2, 0) is 11.3 Å². The van der Waals surface area contributed by atoms with Crippen LogP contribution in [0.25, 0.3) is 0 Å². The van der Waals surface area contributed by atoms with E-state index in [1.54, 1.807) is 7.11 Å². The highest BCUT2D eigenvalue weighted by molar-refractivity contribution is 6.18. The van der Waals surface area contributed by atoms with Gasteiger partial charge in [-0.15, -0.1) is 11.6 Å². The van der Waals surface area contributed by atoms with E-state index in [0.29, 0.717) is 25.6 Å². The molecular formula is C12H16ClF2NO. The van der Waals surface area contributed by atoms with Crippen LogP contribution in [0.4, 0.5) is 8.78 Å². The minimum atomic E-state index is -0.526. The summed E-state index contributed by atoms with van der Waals surface area (Å²) in [4.78, 5) is 1.86. The monoisotopic (exact) mass is 263 g/mol. The Kier molecular flexibility index (Phi) is 6.40. The first-order valence-corrected chi connectivity index (χ1v) is 5.92. The van der Waals surface area contributed by atoms with Gasteiger partial charge in [0.15, 0.2) is 0 Å². The van der Waals surface area contributed by atoms with Crippen LogP contribution in [-0.4, -0.2) is 37.6 Å². The molecule has 0 aliphatic rings. The summed E-state index contributed by atoms with van der Waals surface area (Å²) in [5.41, 5.74) is 0.0775. The molecule has 1 rings (SSSR count). The maximum Gasteiger partial charge on any atom is 0.130 e. The van der Waals surface area contributed by atoms with Crippen molar-refractivity contribution in [3.05, 3.63) is 35.4 Å². The summed E-state index contributed by atoms with van der Waals surface area (Å²) in [6.45, 7) is 1.87. The minimum Gasteiger partial charge on any atom is -0.383 e. The lowest BCUT2D eigenvalue weighted by atomic mass is 10.2. The van der Waals surface area contributed by atoms with Gasteiger partial charge in [-0.05, 0) is 12.1 Å². The number of hydrogen-bond donors (Lipinski definition) is 0.